The van der Waals surface area contributed by atoms with Crippen molar-refractivity contribution in [1.29, 1.82) is 10.5 Å². The van der Waals surface area contributed by atoms with Crippen molar-refractivity contribution in [3.8, 4) is 23.5 Å². The Morgan fingerprint density at radius 2 is 2.00 bits per heavy atom. The monoisotopic (exact) mass is 402 g/mol. The number of benzene rings is 2. The summed E-state index contributed by atoms with van der Waals surface area (Å²) in [6.45, 7) is 1.97. The van der Waals surface area contributed by atoms with Gasteiger partial charge in [0.2, 0.25) is 0 Å². The number of nitrogens with zero attached hydrogens (tertiary/aromatic N) is 2. The van der Waals surface area contributed by atoms with Crippen LogP contribution in [0.2, 0.25) is 5.02 Å². The molecule has 0 N–H and O–H groups in total. The molecular weight excluding hydrogens is 388 g/mol. The molecule has 1 aromatic heterocycles. The molecule has 0 unspecified atom stereocenters. The summed E-state index contributed by atoms with van der Waals surface area (Å²) in [7, 11) is 0. The second-order valence-corrected chi connectivity index (χ2v) is 6.39. The van der Waals surface area contributed by atoms with E-state index in [-0.39, 0.29) is 12.2 Å². The Bertz CT molecular complexity index is 1180. The highest BCUT2D eigenvalue weighted by atomic mass is 35.5. The van der Waals surface area contributed by atoms with E-state index in [9.17, 15) is 10.1 Å². The maximum Gasteiger partial charge on any atom is 0.339 e. The van der Waals surface area contributed by atoms with Crippen molar-refractivity contribution < 1.29 is 13.9 Å². The molecule has 6 heteroatoms. The normalized spacial score (nSPS) is 10.8. The highest BCUT2D eigenvalue weighted by Gasteiger charge is 2.14. The Morgan fingerprint density at radius 3 is 2.72 bits per heavy atom. The number of esters is 1. The van der Waals surface area contributed by atoms with Crippen LogP contribution in [0.1, 0.15) is 34.2 Å². The summed E-state index contributed by atoms with van der Waals surface area (Å²) >= 11 is 6.10. The van der Waals surface area contributed by atoms with E-state index in [0.29, 0.717) is 38.8 Å². The number of rotatable bonds is 5. The minimum absolute atomic E-state index is 0.249. The molecule has 1 heterocycles. The highest BCUT2D eigenvalue weighted by Crippen LogP contribution is 2.29. The first kappa shape index (κ1) is 19.9. The Hall–Kier alpha value is -3.80. The fourth-order valence-corrected chi connectivity index (χ4v) is 2.90. The zero-order valence-electron chi connectivity index (χ0n) is 15.5. The molecular formula is C23H15ClN2O3. The van der Waals surface area contributed by atoms with Crippen LogP contribution >= 0.6 is 11.6 Å². The van der Waals surface area contributed by atoms with Crippen LogP contribution in [0.15, 0.2) is 59.0 Å². The topological polar surface area (TPSA) is 87.0 Å². The summed E-state index contributed by atoms with van der Waals surface area (Å²) in [6.07, 6.45) is 1.60. The highest BCUT2D eigenvalue weighted by molar-refractivity contribution is 6.33. The number of carbonyl (C=O) groups is 1. The molecule has 3 rings (SSSR count). The molecule has 29 heavy (non-hydrogen) atoms. The zero-order valence-corrected chi connectivity index (χ0v) is 16.2. The fraction of sp³-hybridized carbons (Fsp3) is 0.0870. The molecule has 0 spiro atoms. The van der Waals surface area contributed by atoms with Gasteiger partial charge in [-0.2, -0.15) is 10.5 Å². The van der Waals surface area contributed by atoms with Gasteiger partial charge in [-0.1, -0.05) is 23.7 Å². The van der Waals surface area contributed by atoms with Gasteiger partial charge in [0.15, 0.2) is 0 Å². The number of ether oxygens (including phenoxy) is 1. The third-order valence-electron chi connectivity index (χ3n) is 4.08. The lowest BCUT2D eigenvalue weighted by molar-refractivity contribution is 0.0526. The average Bonchev–Trinajstić information content (AvgIpc) is 3.21. The number of allylic oxidation sites excluding steroid dienone is 1. The zero-order chi connectivity index (χ0) is 20.8. The first-order valence-corrected chi connectivity index (χ1v) is 9.12. The molecule has 0 fully saturated rings. The van der Waals surface area contributed by atoms with Gasteiger partial charge in [0.05, 0.1) is 40.5 Å². The van der Waals surface area contributed by atoms with E-state index >= 15 is 0 Å². The van der Waals surface area contributed by atoms with E-state index in [1.165, 1.54) is 0 Å². The van der Waals surface area contributed by atoms with Gasteiger partial charge in [0, 0.05) is 5.56 Å². The van der Waals surface area contributed by atoms with Crippen LogP contribution in [0.4, 0.5) is 0 Å². The van der Waals surface area contributed by atoms with Crippen LogP contribution in [-0.2, 0) is 4.74 Å². The first-order chi connectivity index (χ1) is 14.0. The Labute approximate surface area is 173 Å². The maximum atomic E-state index is 12.0. The minimum Gasteiger partial charge on any atom is -0.462 e. The van der Waals surface area contributed by atoms with Crippen LogP contribution in [0.25, 0.3) is 23.0 Å². The third-order valence-corrected chi connectivity index (χ3v) is 4.41. The number of halogens is 1. The smallest absolute Gasteiger partial charge is 0.339 e. The standard InChI is InChI=1S/C23H15ClN2O3/c1-2-28-23(27)20-12-17(6-8-21(20)24)22-9-7-19(29-22)11-18(14-26)16-5-3-4-15(10-16)13-25/h3-12H,2H2,1H3. The summed E-state index contributed by atoms with van der Waals surface area (Å²) in [4.78, 5) is 12.0. The van der Waals surface area contributed by atoms with Crippen molar-refractivity contribution >= 4 is 29.2 Å². The van der Waals surface area contributed by atoms with Crippen molar-refractivity contribution in [2.45, 2.75) is 6.92 Å². The molecule has 142 valence electrons. The summed E-state index contributed by atoms with van der Waals surface area (Å²) in [6, 6.07) is 19.4. The SMILES string of the molecule is CCOC(=O)c1cc(-c2ccc(C=C(C#N)c3cccc(C#N)c3)o2)ccc1Cl. The quantitative estimate of drug-likeness (QED) is 0.402. The predicted molar refractivity (Wildman–Crippen MR) is 110 cm³/mol. The van der Waals surface area contributed by atoms with E-state index < -0.39 is 5.97 Å². The molecule has 0 amide bonds. The predicted octanol–water partition coefficient (Wildman–Crippen LogP) is 5.71. The Balaban J connectivity index is 1.94. The van der Waals surface area contributed by atoms with Gasteiger partial charge >= 0.3 is 5.97 Å². The van der Waals surface area contributed by atoms with Crippen LogP contribution in [-0.4, -0.2) is 12.6 Å². The van der Waals surface area contributed by atoms with Crippen LogP contribution in [0.3, 0.4) is 0 Å². The number of hydrogen-bond donors (Lipinski definition) is 0. The molecule has 0 bridgehead atoms. The molecule has 5 nitrogen and oxygen atoms in total. The molecule has 0 atom stereocenters. The second-order valence-electron chi connectivity index (χ2n) is 5.98. The van der Waals surface area contributed by atoms with E-state index in [2.05, 4.69) is 12.1 Å². The van der Waals surface area contributed by atoms with Gasteiger partial charge < -0.3 is 9.15 Å². The third kappa shape index (κ3) is 4.55. The Morgan fingerprint density at radius 1 is 1.17 bits per heavy atom. The van der Waals surface area contributed by atoms with E-state index in [4.69, 9.17) is 26.0 Å². The minimum atomic E-state index is -0.504. The molecule has 0 saturated heterocycles. The lowest BCUT2D eigenvalue weighted by Crippen LogP contribution is -2.05. The maximum absolute atomic E-state index is 12.0. The lowest BCUT2D eigenvalue weighted by Gasteiger charge is -2.06. The molecule has 0 aliphatic heterocycles. The molecule has 3 aromatic rings. The van der Waals surface area contributed by atoms with Gasteiger partial charge in [-0.25, -0.2) is 4.79 Å². The van der Waals surface area contributed by atoms with Crippen molar-refractivity contribution in [3.63, 3.8) is 0 Å². The van der Waals surface area contributed by atoms with Gasteiger partial charge in [-0.15, -0.1) is 0 Å². The van der Waals surface area contributed by atoms with E-state index in [1.807, 2.05) is 0 Å². The summed E-state index contributed by atoms with van der Waals surface area (Å²) in [5.74, 6) is 0.475. The number of hydrogen-bond acceptors (Lipinski definition) is 5. The van der Waals surface area contributed by atoms with Crippen molar-refractivity contribution in [2.24, 2.45) is 0 Å². The van der Waals surface area contributed by atoms with Crippen LogP contribution < -0.4 is 0 Å². The Kier molecular flexibility index (Phi) is 6.14. The molecule has 0 radical (unpaired) electrons. The second kappa shape index (κ2) is 8.93. The van der Waals surface area contributed by atoms with Gasteiger partial charge in [0.1, 0.15) is 11.5 Å². The van der Waals surface area contributed by atoms with Crippen molar-refractivity contribution in [1.82, 2.24) is 0 Å². The van der Waals surface area contributed by atoms with Gasteiger partial charge in [-0.05, 0) is 61.0 Å². The molecule has 0 saturated carbocycles. The fourth-order valence-electron chi connectivity index (χ4n) is 2.71. The van der Waals surface area contributed by atoms with Crippen LogP contribution in [0.5, 0.6) is 0 Å². The van der Waals surface area contributed by atoms with Crippen molar-refractivity contribution in [2.75, 3.05) is 6.61 Å². The van der Waals surface area contributed by atoms with Gasteiger partial charge in [0.25, 0.3) is 0 Å². The molecule has 2 aromatic carbocycles. The molecule has 0 aliphatic rings. The van der Waals surface area contributed by atoms with Gasteiger partial charge in [-0.3, -0.25) is 0 Å². The number of nitriles is 2. The summed E-state index contributed by atoms with van der Waals surface area (Å²) < 4.78 is 10.8. The summed E-state index contributed by atoms with van der Waals surface area (Å²) in [5, 5.41) is 18.8. The number of furan rings is 1. The van der Waals surface area contributed by atoms with Crippen LogP contribution in [0, 0.1) is 22.7 Å². The van der Waals surface area contributed by atoms with E-state index in [0.717, 1.165) is 0 Å². The molecule has 0 aliphatic carbocycles. The van der Waals surface area contributed by atoms with Crippen molar-refractivity contribution in [3.05, 3.63) is 82.1 Å². The summed E-state index contributed by atoms with van der Waals surface area (Å²) in [5.41, 5.74) is 2.37. The lowest BCUT2D eigenvalue weighted by atomic mass is 10.0. The number of carbonyl (C=O) groups excluding carboxylic acids is 1. The largest absolute Gasteiger partial charge is 0.462 e. The average molecular weight is 403 g/mol. The van der Waals surface area contributed by atoms with E-state index in [1.54, 1.807) is 67.6 Å². The first-order valence-electron chi connectivity index (χ1n) is 8.75.